The zero-order valence-corrected chi connectivity index (χ0v) is 12.0. The van der Waals surface area contributed by atoms with Crippen LogP contribution in [0.3, 0.4) is 0 Å². The van der Waals surface area contributed by atoms with Gasteiger partial charge in [-0.25, -0.2) is 0 Å². The summed E-state index contributed by atoms with van der Waals surface area (Å²) in [6, 6.07) is 13.8. The lowest BCUT2D eigenvalue weighted by Gasteiger charge is -2.29. The van der Waals surface area contributed by atoms with Gasteiger partial charge in [0.1, 0.15) is 11.9 Å². The summed E-state index contributed by atoms with van der Waals surface area (Å²) in [6.07, 6.45) is 8.90. The lowest BCUT2D eigenvalue weighted by molar-refractivity contribution is 0.137. The summed E-state index contributed by atoms with van der Waals surface area (Å²) < 4.78 is 6.24. The van der Waals surface area contributed by atoms with Gasteiger partial charge in [0, 0.05) is 24.5 Å². The van der Waals surface area contributed by atoms with E-state index in [1.807, 2.05) is 24.5 Å². The largest absolute Gasteiger partial charge is 0.490 e. The Labute approximate surface area is 125 Å². The highest BCUT2D eigenvalue weighted by Crippen LogP contribution is 2.31. The van der Waals surface area contributed by atoms with Crippen molar-refractivity contribution in [2.45, 2.75) is 43.9 Å². The van der Waals surface area contributed by atoms with Gasteiger partial charge >= 0.3 is 0 Å². The third-order valence-electron chi connectivity index (χ3n) is 4.58. The number of aromatic nitrogens is 1. The Morgan fingerprint density at radius 1 is 0.952 bits per heavy atom. The number of rotatable bonds is 3. The number of hydrogen-bond acceptors (Lipinski definition) is 3. The predicted molar refractivity (Wildman–Crippen MR) is 83.3 cm³/mol. The van der Waals surface area contributed by atoms with Crippen molar-refractivity contribution in [3.63, 3.8) is 0 Å². The van der Waals surface area contributed by atoms with E-state index in [2.05, 4.69) is 34.6 Å². The second kappa shape index (κ2) is 5.49. The predicted octanol–water partition coefficient (Wildman–Crippen LogP) is 3.41. The van der Waals surface area contributed by atoms with Crippen LogP contribution in [0, 0.1) is 0 Å². The zero-order valence-electron chi connectivity index (χ0n) is 12.0. The molecule has 1 aromatic heterocycles. The topological polar surface area (TPSA) is 34.1 Å². The number of piperidine rings is 1. The maximum atomic E-state index is 6.24. The second-order valence-corrected chi connectivity index (χ2v) is 6.11. The van der Waals surface area contributed by atoms with Gasteiger partial charge in [0.05, 0.1) is 0 Å². The van der Waals surface area contributed by atoms with Crippen LogP contribution in [0.1, 0.15) is 25.7 Å². The first-order valence-corrected chi connectivity index (χ1v) is 7.80. The molecule has 0 spiro atoms. The van der Waals surface area contributed by atoms with Crippen LogP contribution in [0.4, 0.5) is 0 Å². The Bertz CT molecular complexity index is 602. The molecule has 0 saturated carbocycles. The summed E-state index contributed by atoms with van der Waals surface area (Å²) in [5.41, 5.74) is 2.37. The number of pyridine rings is 1. The van der Waals surface area contributed by atoms with E-state index >= 15 is 0 Å². The van der Waals surface area contributed by atoms with Gasteiger partial charge in [-0.15, -0.1) is 0 Å². The number of hydrogen-bond donors (Lipinski definition) is 1. The fourth-order valence-corrected chi connectivity index (χ4v) is 3.59. The Morgan fingerprint density at radius 3 is 2.48 bits per heavy atom. The molecule has 2 bridgehead atoms. The first-order valence-electron chi connectivity index (χ1n) is 7.80. The number of nitrogens with one attached hydrogen (secondary N) is 1. The van der Waals surface area contributed by atoms with E-state index in [9.17, 15) is 0 Å². The van der Waals surface area contributed by atoms with Gasteiger partial charge in [0.25, 0.3) is 0 Å². The second-order valence-electron chi connectivity index (χ2n) is 6.11. The lowest BCUT2D eigenvalue weighted by Crippen LogP contribution is -2.42. The number of ether oxygens (including phenoxy) is 1. The maximum Gasteiger partial charge on any atom is 0.120 e. The minimum atomic E-state index is 0.358. The van der Waals surface area contributed by atoms with Gasteiger partial charge in [-0.1, -0.05) is 12.1 Å². The summed E-state index contributed by atoms with van der Waals surface area (Å²) in [6.45, 7) is 0. The van der Waals surface area contributed by atoms with Crippen LogP contribution in [0.25, 0.3) is 11.1 Å². The lowest BCUT2D eigenvalue weighted by atomic mass is 10.0. The molecule has 1 unspecified atom stereocenters. The molecule has 3 atom stereocenters. The van der Waals surface area contributed by atoms with E-state index in [0.717, 1.165) is 18.6 Å². The monoisotopic (exact) mass is 280 g/mol. The molecule has 3 heteroatoms. The van der Waals surface area contributed by atoms with Crippen molar-refractivity contribution in [2.24, 2.45) is 0 Å². The molecule has 0 aliphatic carbocycles. The third-order valence-corrected chi connectivity index (χ3v) is 4.58. The Balaban J connectivity index is 1.51. The summed E-state index contributed by atoms with van der Waals surface area (Å²) in [5.74, 6) is 0.982. The molecule has 3 nitrogen and oxygen atoms in total. The molecule has 2 aliphatic heterocycles. The van der Waals surface area contributed by atoms with Crippen molar-refractivity contribution in [1.82, 2.24) is 10.3 Å². The Hall–Kier alpha value is -1.87. The summed E-state index contributed by atoms with van der Waals surface area (Å²) >= 11 is 0. The summed E-state index contributed by atoms with van der Waals surface area (Å²) in [4.78, 5) is 4.07. The van der Waals surface area contributed by atoms with Gasteiger partial charge in [-0.05, 0) is 61.1 Å². The molecule has 21 heavy (non-hydrogen) atoms. The van der Waals surface area contributed by atoms with Gasteiger partial charge in [0.2, 0.25) is 0 Å². The van der Waals surface area contributed by atoms with E-state index in [1.54, 1.807) is 0 Å². The SMILES string of the molecule is c1cc(OC2C[C@H]3CC[C@@H](C2)N3)cc(-c2ccncc2)c1. The highest BCUT2D eigenvalue weighted by atomic mass is 16.5. The smallest absolute Gasteiger partial charge is 0.120 e. The van der Waals surface area contributed by atoms with E-state index in [1.165, 1.54) is 24.0 Å². The minimum absolute atomic E-state index is 0.358. The molecule has 1 N–H and O–H groups in total. The normalized spacial score (nSPS) is 27.5. The molecule has 2 aliphatic rings. The van der Waals surface area contributed by atoms with Crippen LogP contribution >= 0.6 is 0 Å². The maximum absolute atomic E-state index is 6.24. The molecule has 108 valence electrons. The fourth-order valence-electron chi connectivity index (χ4n) is 3.59. The van der Waals surface area contributed by atoms with E-state index in [4.69, 9.17) is 4.74 Å². The molecule has 0 radical (unpaired) electrons. The first kappa shape index (κ1) is 12.8. The number of fused-ring (bicyclic) bond motifs is 2. The van der Waals surface area contributed by atoms with Crippen LogP contribution in [0.15, 0.2) is 48.8 Å². The third kappa shape index (κ3) is 2.79. The number of nitrogens with zero attached hydrogens (tertiary/aromatic N) is 1. The van der Waals surface area contributed by atoms with Crippen molar-refractivity contribution < 1.29 is 4.74 Å². The molecular formula is C18H20N2O. The van der Waals surface area contributed by atoms with Gasteiger partial charge in [-0.3, -0.25) is 4.98 Å². The van der Waals surface area contributed by atoms with Crippen LogP contribution in [0.5, 0.6) is 5.75 Å². The van der Waals surface area contributed by atoms with Gasteiger partial charge < -0.3 is 10.1 Å². The molecule has 2 fully saturated rings. The van der Waals surface area contributed by atoms with Crippen LogP contribution in [-0.2, 0) is 0 Å². The Kier molecular flexibility index (Phi) is 3.36. The Morgan fingerprint density at radius 2 is 1.71 bits per heavy atom. The van der Waals surface area contributed by atoms with Crippen LogP contribution in [-0.4, -0.2) is 23.2 Å². The molecule has 2 aromatic rings. The highest BCUT2D eigenvalue weighted by Gasteiger charge is 2.34. The molecule has 4 rings (SSSR count). The standard InChI is InChI=1S/C18H20N2O/c1-2-14(13-6-8-19-9-7-13)10-17(3-1)21-18-11-15-4-5-16(12-18)20-15/h1-3,6-10,15-16,18,20H,4-5,11-12H2/t15-,16+,18?. The van der Waals surface area contributed by atoms with Crippen molar-refractivity contribution in [3.8, 4) is 16.9 Å². The van der Waals surface area contributed by atoms with Crippen LogP contribution < -0.4 is 10.1 Å². The minimum Gasteiger partial charge on any atom is -0.490 e. The van der Waals surface area contributed by atoms with Crippen molar-refractivity contribution in [2.75, 3.05) is 0 Å². The van der Waals surface area contributed by atoms with Crippen molar-refractivity contribution in [3.05, 3.63) is 48.8 Å². The van der Waals surface area contributed by atoms with Gasteiger partial charge in [0.15, 0.2) is 0 Å². The average molecular weight is 280 g/mol. The van der Waals surface area contributed by atoms with Gasteiger partial charge in [-0.2, -0.15) is 0 Å². The van der Waals surface area contributed by atoms with Crippen LogP contribution in [0.2, 0.25) is 0 Å². The first-order chi connectivity index (χ1) is 10.4. The average Bonchev–Trinajstić information content (AvgIpc) is 2.87. The van der Waals surface area contributed by atoms with Crippen molar-refractivity contribution in [1.29, 1.82) is 0 Å². The summed E-state index contributed by atoms with van der Waals surface area (Å²) in [7, 11) is 0. The quantitative estimate of drug-likeness (QED) is 0.935. The van der Waals surface area contributed by atoms with E-state index < -0.39 is 0 Å². The zero-order chi connectivity index (χ0) is 14.1. The molecule has 2 saturated heterocycles. The fraction of sp³-hybridized carbons (Fsp3) is 0.389. The molecular weight excluding hydrogens is 260 g/mol. The molecule has 1 aromatic carbocycles. The summed E-state index contributed by atoms with van der Waals surface area (Å²) in [5, 5.41) is 3.66. The van der Waals surface area contributed by atoms with E-state index in [0.29, 0.717) is 18.2 Å². The molecule has 0 amide bonds. The van der Waals surface area contributed by atoms with E-state index in [-0.39, 0.29) is 0 Å². The molecule has 3 heterocycles. The highest BCUT2D eigenvalue weighted by molar-refractivity contribution is 5.64. The number of benzene rings is 1. The van der Waals surface area contributed by atoms with Crippen molar-refractivity contribution >= 4 is 0 Å².